The zero-order valence-corrected chi connectivity index (χ0v) is 10.1. The zero-order chi connectivity index (χ0) is 14.8. The molecule has 106 valence electrons. The highest BCUT2D eigenvalue weighted by Gasteiger charge is 2.38. The topological polar surface area (TPSA) is 39.2 Å². The Labute approximate surface area is 109 Å². The first-order valence-electron chi connectivity index (χ1n) is 4.78. The number of esters is 1. The van der Waals surface area contributed by atoms with Gasteiger partial charge in [-0.15, -0.1) is 0 Å². The van der Waals surface area contributed by atoms with Crippen LogP contribution in [0.5, 0.6) is 0 Å². The van der Waals surface area contributed by atoms with Gasteiger partial charge in [0.1, 0.15) is 5.15 Å². The number of hydrogen-bond acceptors (Lipinski definition) is 3. The second-order valence-corrected chi connectivity index (χ2v) is 3.78. The van der Waals surface area contributed by atoms with Gasteiger partial charge in [0.05, 0.1) is 30.4 Å². The van der Waals surface area contributed by atoms with E-state index in [9.17, 15) is 26.7 Å². The van der Waals surface area contributed by atoms with Crippen LogP contribution in [-0.4, -0.2) is 18.1 Å². The van der Waals surface area contributed by atoms with E-state index in [0.29, 0.717) is 6.07 Å². The fraction of sp³-hybridized carbons (Fsp3) is 0.400. The van der Waals surface area contributed by atoms with Crippen molar-refractivity contribution in [2.24, 2.45) is 0 Å². The molecule has 19 heavy (non-hydrogen) atoms. The van der Waals surface area contributed by atoms with Gasteiger partial charge in [0, 0.05) is 0 Å². The fourth-order valence-electron chi connectivity index (χ4n) is 1.33. The minimum atomic E-state index is -5.02. The lowest BCUT2D eigenvalue weighted by atomic mass is 10.1. The monoisotopic (exact) mass is 303 g/mol. The summed E-state index contributed by atoms with van der Waals surface area (Å²) in [6.07, 6.45) is -9.05. The molecule has 0 radical (unpaired) electrons. The summed E-state index contributed by atoms with van der Waals surface area (Å²) >= 11 is 5.32. The van der Waals surface area contributed by atoms with E-state index in [4.69, 9.17) is 11.6 Å². The first-order valence-corrected chi connectivity index (χ1v) is 5.16. The molecular formula is C10H7ClF5NO2. The Bertz CT molecular complexity index is 490. The predicted molar refractivity (Wildman–Crippen MR) is 54.9 cm³/mol. The number of rotatable bonds is 3. The molecule has 0 aliphatic heterocycles. The second kappa shape index (κ2) is 5.68. The molecule has 0 atom stereocenters. The summed E-state index contributed by atoms with van der Waals surface area (Å²) in [4.78, 5) is 14.3. The predicted octanol–water partition coefficient (Wildman–Crippen LogP) is 3.41. The summed E-state index contributed by atoms with van der Waals surface area (Å²) in [7, 11) is 1.03. The summed E-state index contributed by atoms with van der Waals surface area (Å²) in [5, 5.41) is -0.983. The lowest BCUT2D eigenvalue weighted by Gasteiger charge is -2.14. The van der Waals surface area contributed by atoms with Crippen molar-refractivity contribution < 1.29 is 31.5 Å². The molecule has 0 amide bonds. The summed E-state index contributed by atoms with van der Waals surface area (Å²) in [6.45, 7) is 0. The maximum Gasteiger partial charge on any atom is 0.417 e. The molecule has 1 aromatic rings. The van der Waals surface area contributed by atoms with Crippen LogP contribution in [-0.2, 0) is 22.1 Å². The number of carbonyl (C=O) groups excluding carboxylic acids is 1. The first kappa shape index (κ1) is 15.6. The van der Waals surface area contributed by atoms with Gasteiger partial charge in [-0.2, -0.15) is 13.2 Å². The highest BCUT2D eigenvalue weighted by molar-refractivity contribution is 6.30. The van der Waals surface area contributed by atoms with Gasteiger partial charge in [-0.05, 0) is 6.07 Å². The molecule has 0 aliphatic rings. The second-order valence-electron chi connectivity index (χ2n) is 3.42. The summed E-state index contributed by atoms with van der Waals surface area (Å²) < 4.78 is 67.3. The van der Waals surface area contributed by atoms with Crippen LogP contribution in [0.2, 0.25) is 5.15 Å². The van der Waals surface area contributed by atoms with E-state index < -0.39 is 47.0 Å². The van der Waals surface area contributed by atoms with E-state index in [2.05, 4.69) is 9.72 Å². The molecule has 3 nitrogen and oxygen atoms in total. The Kier molecular flexibility index (Phi) is 4.67. The number of pyridine rings is 1. The Hall–Kier alpha value is -1.44. The van der Waals surface area contributed by atoms with E-state index in [1.54, 1.807) is 0 Å². The van der Waals surface area contributed by atoms with Crippen molar-refractivity contribution >= 4 is 17.6 Å². The van der Waals surface area contributed by atoms with E-state index >= 15 is 0 Å². The minimum absolute atomic E-state index is 0.365. The molecule has 0 saturated carbocycles. The highest BCUT2D eigenvalue weighted by atomic mass is 35.5. The van der Waals surface area contributed by atoms with Gasteiger partial charge in [-0.3, -0.25) is 4.79 Å². The van der Waals surface area contributed by atoms with Crippen LogP contribution >= 0.6 is 11.6 Å². The van der Waals surface area contributed by atoms with Crippen molar-refractivity contribution in [2.45, 2.75) is 19.0 Å². The van der Waals surface area contributed by atoms with Crippen molar-refractivity contribution in [3.05, 3.63) is 28.0 Å². The number of aromatic nitrogens is 1. The minimum Gasteiger partial charge on any atom is -0.469 e. The van der Waals surface area contributed by atoms with E-state index in [-0.39, 0.29) is 0 Å². The normalized spacial score (nSPS) is 11.8. The number of ether oxygens (including phenoxy) is 1. The van der Waals surface area contributed by atoms with Gasteiger partial charge in [0.15, 0.2) is 0 Å². The SMILES string of the molecule is COC(=O)Cc1cc(C(F)(F)F)c(C(F)F)c(Cl)n1. The molecule has 0 unspecified atom stereocenters. The average Bonchev–Trinajstić information content (AvgIpc) is 2.26. The number of nitrogens with zero attached hydrogens (tertiary/aromatic N) is 1. The maximum absolute atomic E-state index is 12.7. The van der Waals surface area contributed by atoms with Gasteiger partial charge in [-0.1, -0.05) is 11.6 Å². The lowest BCUT2D eigenvalue weighted by molar-refractivity contribution is -0.141. The molecule has 1 aromatic heterocycles. The van der Waals surface area contributed by atoms with Crippen LogP contribution in [0.1, 0.15) is 23.2 Å². The van der Waals surface area contributed by atoms with Gasteiger partial charge in [-0.25, -0.2) is 13.8 Å². The van der Waals surface area contributed by atoms with Crippen molar-refractivity contribution in [2.75, 3.05) is 7.11 Å². The number of alkyl halides is 5. The molecule has 0 spiro atoms. The quantitative estimate of drug-likeness (QED) is 0.488. The number of hydrogen-bond donors (Lipinski definition) is 0. The van der Waals surface area contributed by atoms with E-state index in [1.807, 2.05) is 0 Å². The third-order valence-corrected chi connectivity index (χ3v) is 2.43. The molecule has 1 heterocycles. The standard InChI is InChI=1S/C10H7ClF5NO2/c1-19-6(18)3-4-2-5(10(14,15)16)7(9(12)13)8(11)17-4/h2,9H,3H2,1H3. The van der Waals surface area contributed by atoms with Crippen LogP contribution in [0, 0.1) is 0 Å². The molecule has 0 saturated heterocycles. The van der Waals surface area contributed by atoms with Crippen LogP contribution in [0.15, 0.2) is 6.07 Å². The fourth-order valence-corrected chi connectivity index (χ4v) is 1.62. The van der Waals surface area contributed by atoms with Gasteiger partial charge in [0.2, 0.25) is 0 Å². The summed E-state index contributed by atoms with van der Waals surface area (Å²) in [5.74, 6) is -0.860. The van der Waals surface area contributed by atoms with Crippen molar-refractivity contribution in [3.8, 4) is 0 Å². The van der Waals surface area contributed by atoms with E-state index in [1.165, 1.54) is 0 Å². The molecular weight excluding hydrogens is 297 g/mol. The summed E-state index contributed by atoms with van der Waals surface area (Å²) in [5.41, 5.74) is -3.40. The number of carbonyl (C=O) groups is 1. The van der Waals surface area contributed by atoms with Crippen molar-refractivity contribution in [1.82, 2.24) is 4.98 Å². The van der Waals surface area contributed by atoms with Crippen LogP contribution in [0.3, 0.4) is 0 Å². The van der Waals surface area contributed by atoms with Gasteiger partial charge < -0.3 is 4.74 Å². The Balaban J connectivity index is 3.35. The van der Waals surface area contributed by atoms with Crippen LogP contribution in [0.4, 0.5) is 22.0 Å². The first-order chi connectivity index (χ1) is 8.66. The van der Waals surface area contributed by atoms with E-state index in [0.717, 1.165) is 7.11 Å². The third kappa shape index (κ3) is 3.76. The maximum atomic E-state index is 12.7. The largest absolute Gasteiger partial charge is 0.469 e. The zero-order valence-electron chi connectivity index (χ0n) is 9.39. The molecule has 0 N–H and O–H groups in total. The van der Waals surface area contributed by atoms with Gasteiger partial charge in [0.25, 0.3) is 6.43 Å². The van der Waals surface area contributed by atoms with Crippen molar-refractivity contribution in [3.63, 3.8) is 0 Å². The Morgan fingerprint density at radius 1 is 1.47 bits per heavy atom. The molecule has 0 bridgehead atoms. The molecule has 0 aromatic carbocycles. The van der Waals surface area contributed by atoms with Crippen molar-refractivity contribution in [1.29, 1.82) is 0 Å². The summed E-state index contributed by atoms with van der Waals surface area (Å²) in [6, 6.07) is 0.365. The molecule has 0 aliphatic carbocycles. The average molecular weight is 304 g/mol. The molecule has 1 rings (SSSR count). The number of methoxy groups -OCH3 is 1. The van der Waals surface area contributed by atoms with Gasteiger partial charge >= 0.3 is 12.1 Å². The Morgan fingerprint density at radius 2 is 2.05 bits per heavy atom. The lowest BCUT2D eigenvalue weighted by Crippen LogP contribution is -2.14. The highest BCUT2D eigenvalue weighted by Crippen LogP contribution is 2.39. The molecule has 9 heteroatoms. The van der Waals surface area contributed by atoms with Crippen LogP contribution < -0.4 is 0 Å². The third-order valence-electron chi connectivity index (χ3n) is 2.14. The molecule has 0 fully saturated rings. The van der Waals surface area contributed by atoms with Crippen LogP contribution in [0.25, 0.3) is 0 Å². The Morgan fingerprint density at radius 3 is 2.47 bits per heavy atom. The number of halogens is 6. The smallest absolute Gasteiger partial charge is 0.417 e.